The minimum absolute atomic E-state index is 0.0794. The molecule has 3 aromatic rings. The van der Waals surface area contributed by atoms with Crippen molar-refractivity contribution in [2.45, 2.75) is 6.92 Å². The van der Waals surface area contributed by atoms with Crippen molar-refractivity contribution >= 4 is 11.0 Å². The van der Waals surface area contributed by atoms with Crippen molar-refractivity contribution in [3.63, 3.8) is 0 Å². The molecule has 3 rings (SSSR count). The highest BCUT2D eigenvalue weighted by Crippen LogP contribution is 2.38. The summed E-state index contributed by atoms with van der Waals surface area (Å²) in [4.78, 5) is 4.23. The number of furan rings is 1. The molecule has 0 aliphatic heterocycles. The van der Waals surface area contributed by atoms with E-state index in [1.54, 1.807) is 6.20 Å². The van der Waals surface area contributed by atoms with Crippen molar-refractivity contribution in [3.8, 4) is 17.2 Å². The first-order valence-corrected chi connectivity index (χ1v) is 5.39. The lowest BCUT2D eigenvalue weighted by Crippen LogP contribution is -1.80. The summed E-state index contributed by atoms with van der Waals surface area (Å²) in [5.74, 6) is -0.0794. The topological polar surface area (TPSA) is 46.3 Å². The third kappa shape index (κ3) is 1.56. The largest absolute Gasteiger partial charge is 0.480 e. The quantitative estimate of drug-likeness (QED) is 0.689. The van der Waals surface area contributed by atoms with Gasteiger partial charge < -0.3 is 9.52 Å². The fourth-order valence-corrected chi connectivity index (χ4v) is 1.95. The lowest BCUT2D eigenvalue weighted by atomic mass is 10.1. The van der Waals surface area contributed by atoms with Crippen LogP contribution in [-0.4, -0.2) is 10.1 Å². The van der Waals surface area contributed by atoms with E-state index in [0.29, 0.717) is 16.8 Å². The number of fused-ring (bicyclic) bond motifs is 1. The molecule has 0 fully saturated rings. The SMILES string of the molecule is Cc1ccc2c(-c3ccccn3)c(O)oc2c1. The van der Waals surface area contributed by atoms with Crippen molar-refractivity contribution in [2.75, 3.05) is 0 Å². The predicted octanol–water partition coefficient (Wildman–Crippen LogP) is 3.51. The minimum Gasteiger partial charge on any atom is -0.480 e. The Bertz CT molecular complexity index is 671. The van der Waals surface area contributed by atoms with Crippen LogP contribution >= 0.6 is 0 Å². The molecular weight excluding hydrogens is 214 g/mol. The van der Waals surface area contributed by atoms with E-state index in [4.69, 9.17) is 4.42 Å². The fraction of sp³-hybridized carbons (Fsp3) is 0.0714. The monoisotopic (exact) mass is 225 g/mol. The summed E-state index contributed by atoms with van der Waals surface area (Å²) in [7, 11) is 0. The maximum Gasteiger partial charge on any atom is 0.292 e. The molecule has 84 valence electrons. The summed E-state index contributed by atoms with van der Waals surface area (Å²) >= 11 is 0. The summed E-state index contributed by atoms with van der Waals surface area (Å²) in [5.41, 5.74) is 3.15. The first-order valence-electron chi connectivity index (χ1n) is 5.39. The van der Waals surface area contributed by atoms with Crippen LogP contribution in [0.2, 0.25) is 0 Å². The van der Waals surface area contributed by atoms with Crippen LogP contribution in [0.15, 0.2) is 47.0 Å². The second-order valence-electron chi connectivity index (χ2n) is 4.00. The molecule has 0 radical (unpaired) electrons. The Balaban J connectivity index is 2.33. The summed E-state index contributed by atoms with van der Waals surface area (Å²) in [5, 5.41) is 10.8. The molecule has 0 bridgehead atoms. The molecule has 2 heterocycles. The number of nitrogens with zero attached hydrogens (tertiary/aromatic N) is 1. The highest BCUT2D eigenvalue weighted by atomic mass is 16.5. The number of aryl methyl sites for hydroxylation is 1. The lowest BCUT2D eigenvalue weighted by Gasteiger charge is -1.97. The van der Waals surface area contributed by atoms with E-state index in [1.165, 1.54) is 0 Å². The molecule has 0 amide bonds. The number of hydrogen-bond acceptors (Lipinski definition) is 3. The van der Waals surface area contributed by atoms with Crippen LogP contribution in [0.1, 0.15) is 5.56 Å². The van der Waals surface area contributed by atoms with Gasteiger partial charge >= 0.3 is 0 Å². The van der Waals surface area contributed by atoms with E-state index in [-0.39, 0.29) is 5.95 Å². The molecule has 0 aliphatic carbocycles. The van der Waals surface area contributed by atoms with E-state index < -0.39 is 0 Å². The normalized spacial score (nSPS) is 10.9. The third-order valence-electron chi connectivity index (χ3n) is 2.75. The summed E-state index contributed by atoms with van der Waals surface area (Å²) in [6.07, 6.45) is 1.70. The maximum absolute atomic E-state index is 9.87. The number of benzene rings is 1. The fourth-order valence-electron chi connectivity index (χ4n) is 1.95. The molecule has 3 heteroatoms. The third-order valence-corrected chi connectivity index (χ3v) is 2.75. The molecule has 0 spiro atoms. The highest BCUT2D eigenvalue weighted by molar-refractivity contribution is 5.96. The lowest BCUT2D eigenvalue weighted by molar-refractivity contribution is 0.348. The van der Waals surface area contributed by atoms with Crippen LogP contribution in [0.4, 0.5) is 0 Å². The Morgan fingerprint density at radius 3 is 2.82 bits per heavy atom. The molecule has 0 unspecified atom stereocenters. The van der Waals surface area contributed by atoms with Gasteiger partial charge in [0.25, 0.3) is 5.95 Å². The highest BCUT2D eigenvalue weighted by Gasteiger charge is 2.15. The molecule has 17 heavy (non-hydrogen) atoms. The molecule has 0 saturated heterocycles. The van der Waals surface area contributed by atoms with Crippen LogP contribution in [0.5, 0.6) is 5.95 Å². The summed E-state index contributed by atoms with van der Waals surface area (Å²) in [6, 6.07) is 11.4. The van der Waals surface area contributed by atoms with Crippen molar-refractivity contribution in [1.29, 1.82) is 0 Å². The van der Waals surface area contributed by atoms with Crippen LogP contribution in [0.3, 0.4) is 0 Å². The van der Waals surface area contributed by atoms with Gasteiger partial charge in [0, 0.05) is 11.6 Å². The van der Waals surface area contributed by atoms with Gasteiger partial charge in [-0.1, -0.05) is 18.2 Å². The predicted molar refractivity (Wildman–Crippen MR) is 65.8 cm³/mol. The van der Waals surface area contributed by atoms with E-state index in [2.05, 4.69) is 4.98 Å². The van der Waals surface area contributed by atoms with Gasteiger partial charge in [-0.05, 0) is 30.7 Å². The van der Waals surface area contributed by atoms with Gasteiger partial charge in [0.1, 0.15) is 5.58 Å². The zero-order valence-electron chi connectivity index (χ0n) is 9.34. The molecular formula is C14H11NO2. The van der Waals surface area contributed by atoms with E-state index >= 15 is 0 Å². The average Bonchev–Trinajstić information content (AvgIpc) is 2.65. The van der Waals surface area contributed by atoms with Crippen molar-refractivity contribution < 1.29 is 9.52 Å². The minimum atomic E-state index is -0.0794. The van der Waals surface area contributed by atoms with Gasteiger partial charge in [-0.2, -0.15) is 0 Å². The first-order chi connectivity index (χ1) is 8.25. The van der Waals surface area contributed by atoms with Gasteiger partial charge in [-0.3, -0.25) is 4.98 Å². The Morgan fingerprint density at radius 2 is 2.06 bits per heavy atom. The van der Waals surface area contributed by atoms with Gasteiger partial charge in [0.15, 0.2) is 0 Å². The number of hydrogen-bond donors (Lipinski definition) is 1. The molecule has 3 nitrogen and oxygen atoms in total. The number of aromatic hydroxyl groups is 1. The van der Waals surface area contributed by atoms with Gasteiger partial charge in [-0.25, -0.2) is 0 Å². The summed E-state index contributed by atoms with van der Waals surface area (Å²) < 4.78 is 5.35. The van der Waals surface area contributed by atoms with E-state index in [1.807, 2.05) is 43.3 Å². The van der Waals surface area contributed by atoms with Crippen LogP contribution in [0, 0.1) is 6.92 Å². The van der Waals surface area contributed by atoms with Crippen LogP contribution in [-0.2, 0) is 0 Å². The Morgan fingerprint density at radius 1 is 1.18 bits per heavy atom. The average molecular weight is 225 g/mol. The molecule has 0 atom stereocenters. The van der Waals surface area contributed by atoms with Crippen LogP contribution < -0.4 is 0 Å². The van der Waals surface area contributed by atoms with Gasteiger partial charge in [0.05, 0.1) is 11.3 Å². The van der Waals surface area contributed by atoms with E-state index in [0.717, 1.165) is 10.9 Å². The Kier molecular flexibility index (Phi) is 2.11. The van der Waals surface area contributed by atoms with Crippen molar-refractivity contribution in [2.24, 2.45) is 0 Å². The second kappa shape index (κ2) is 3.63. The maximum atomic E-state index is 9.87. The van der Waals surface area contributed by atoms with Crippen LogP contribution in [0.25, 0.3) is 22.2 Å². The smallest absolute Gasteiger partial charge is 0.292 e. The van der Waals surface area contributed by atoms with Gasteiger partial charge in [-0.15, -0.1) is 0 Å². The molecule has 1 N–H and O–H groups in total. The number of aromatic nitrogens is 1. The zero-order chi connectivity index (χ0) is 11.8. The molecule has 2 aromatic heterocycles. The molecule has 0 saturated carbocycles. The Hall–Kier alpha value is -2.29. The molecule has 1 aromatic carbocycles. The van der Waals surface area contributed by atoms with Gasteiger partial charge in [0.2, 0.25) is 0 Å². The van der Waals surface area contributed by atoms with Crippen molar-refractivity contribution in [3.05, 3.63) is 48.2 Å². The number of pyridine rings is 1. The Labute approximate surface area is 98.3 Å². The van der Waals surface area contributed by atoms with Crippen molar-refractivity contribution in [1.82, 2.24) is 4.98 Å². The zero-order valence-corrected chi connectivity index (χ0v) is 9.34. The second-order valence-corrected chi connectivity index (χ2v) is 4.00. The standard InChI is InChI=1S/C14H11NO2/c1-9-5-6-10-12(8-9)17-14(16)13(10)11-4-2-3-7-15-11/h2-8,16H,1H3. The number of rotatable bonds is 1. The van der Waals surface area contributed by atoms with E-state index in [9.17, 15) is 5.11 Å². The molecule has 0 aliphatic rings. The first kappa shape index (κ1) is 9.90. The summed E-state index contributed by atoms with van der Waals surface area (Å²) in [6.45, 7) is 1.99.